The van der Waals surface area contributed by atoms with E-state index in [1.165, 1.54) is 6.07 Å². The smallest absolute Gasteiger partial charge is 0.341 e. The lowest BCUT2D eigenvalue weighted by molar-refractivity contribution is -0.139. The van der Waals surface area contributed by atoms with Gasteiger partial charge in [-0.05, 0) is 32.0 Å². The van der Waals surface area contributed by atoms with E-state index in [-0.39, 0.29) is 11.8 Å². The summed E-state index contributed by atoms with van der Waals surface area (Å²) >= 11 is 0. The molecule has 1 unspecified atom stereocenters. The van der Waals surface area contributed by atoms with E-state index in [0.717, 1.165) is 17.0 Å². The van der Waals surface area contributed by atoms with Crippen LogP contribution in [0.1, 0.15) is 40.2 Å². The van der Waals surface area contributed by atoms with Crippen molar-refractivity contribution in [3.8, 4) is 5.75 Å². The molecule has 128 valence electrons. The van der Waals surface area contributed by atoms with Crippen molar-refractivity contribution in [3.05, 3.63) is 46.8 Å². The second kappa shape index (κ2) is 7.63. The van der Waals surface area contributed by atoms with Crippen LogP contribution >= 0.6 is 0 Å². The number of aromatic nitrogens is 1. The molecule has 0 radical (unpaired) electrons. The molecular formula is C17H20N2O5. The first-order chi connectivity index (χ1) is 11.4. The van der Waals surface area contributed by atoms with Gasteiger partial charge in [-0.1, -0.05) is 18.1 Å². The Morgan fingerprint density at radius 2 is 2.12 bits per heavy atom. The van der Waals surface area contributed by atoms with Gasteiger partial charge < -0.3 is 19.7 Å². The van der Waals surface area contributed by atoms with Crippen LogP contribution in [0.3, 0.4) is 0 Å². The third kappa shape index (κ3) is 4.34. The van der Waals surface area contributed by atoms with Crippen LogP contribution in [-0.4, -0.2) is 35.3 Å². The Bertz CT molecular complexity index is 719. The molecule has 0 spiro atoms. The van der Waals surface area contributed by atoms with Crippen LogP contribution in [0.4, 0.5) is 0 Å². The number of carboxylic acids is 1. The van der Waals surface area contributed by atoms with E-state index in [1.54, 1.807) is 18.2 Å². The van der Waals surface area contributed by atoms with Crippen LogP contribution in [0.15, 0.2) is 28.8 Å². The number of carbonyl (C=O) groups is 2. The fourth-order valence-electron chi connectivity index (χ4n) is 2.52. The van der Waals surface area contributed by atoms with E-state index in [9.17, 15) is 9.59 Å². The van der Waals surface area contributed by atoms with Crippen molar-refractivity contribution >= 4 is 11.9 Å². The van der Waals surface area contributed by atoms with E-state index < -0.39 is 12.6 Å². The summed E-state index contributed by atoms with van der Waals surface area (Å²) in [7, 11) is 0. The van der Waals surface area contributed by atoms with Crippen LogP contribution in [-0.2, 0) is 4.79 Å². The van der Waals surface area contributed by atoms with E-state index in [1.807, 2.05) is 20.8 Å². The van der Waals surface area contributed by atoms with Crippen molar-refractivity contribution < 1.29 is 24.0 Å². The number of hydrogen-bond acceptors (Lipinski definition) is 5. The van der Waals surface area contributed by atoms with Gasteiger partial charge in [-0.25, -0.2) is 4.79 Å². The normalized spacial score (nSPS) is 11.8. The SMILES string of the molecule is Cc1noc(C)c1C(C)CNC(=O)c1cccc(OCC(=O)O)c1. The van der Waals surface area contributed by atoms with Gasteiger partial charge in [0.2, 0.25) is 0 Å². The number of rotatable bonds is 7. The van der Waals surface area contributed by atoms with Crippen molar-refractivity contribution in [3.63, 3.8) is 0 Å². The zero-order valence-electron chi connectivity index (χ0n) is 13.8. The lowest BCUT2D eigenvalue weighted by Crippen LogP contribution is -2.27. The van der Waals surface area contributed by atoms with Gasteiger partial charge in [0.1, 0.15) is 11.5 Å². The van der Waals surface area contributed by atoms with Gasteiger partial charge in [0.05, 0.1) is 5.69 Å². The minimum Gasteiger partial charge on any atom is -0.482 e. The van der Waals surface area contributed by atoms with E-state index in [2.05, 4.69) is 10.5 Å². The summed E-state index contributed by atoms with van der Waals surface area (Å²) in [6.45, 7) is 5.68. The quantitative estimate of drug-likeness (QED) is 0.806. The number of hydrogen-bond donors (Lipinski definition) is 2. The Hall–Kier alpha value is -2.83. The number of amides is 1. The average Bonchev–Trinajstić information content (AvgIpc) is 2.89. The van der Waals surface area contributed by atoms with Crippen LogP contribution in [0, 0.1) is 13.8 Å². The maximum absolute atomic E-state index is 12.3. The summed E-state index contributed by atoms with van der Waals surface area (Å²) in [4.78, 5) is 22.8. The van der Waals surface area contributed by atoms with Crippen molar-refractivity contribution in [1.29, 1.82) is 0 Å². The summed E-state index contributed by atoms with van der Waals surface area (Å²) in [5, 5.41) is 15.4. The molecule has 0 saturated carbocycles. The molecule has 1 heterocycles. The standard InChI is InChI=1S/C17H20N2O5/c1-10(16-11(2)19-24-12(16)3)8-18-17(22)13-5-4-6-14(7-13)23-9-15(20)21/h4-7,10H,8-9H2,1-3H3,(H,18,22)(H,20,21). The topological polar surface area (TPSA) is 102 Å². The third-order valence-corrected chi connectivity index (χ3v) is 3.61. The molecule has 24 heavy (non-hydrogen) atoms. The molecule has 1 aromatic heterocycles. The average molecular weight is 332 g/mol. The first-order valence-corrected chi connectivity index (χ1v) is 7.54. The second-order valence-corrected chi connectivity index (χ2v) is 5.56. The molecule has 1 atom stereocenters. The third-order valence-electron chi connectivity index (χ3n) is 3.61. The molecule has 1 amide bonds. The van der Waals surface area contributed by atoms with E-state index in [4.69, 9.17) is 14.4 Å². The Balaban J connectivity index is 1.97. The summed E-state index contributed by atoms with van der Waals surface area (Å²) in [5.74, 6) is -0.179. The molecule has 0 bridgehead atoms. The van der Waals surface area contributed by atoms with E-state index in [0.29, 0.717) is 17.9 Å². The summed E-state index contributed by atoms with van der Waals surface area (Å²) < 4.78 is 10.2. The minimum absolute atomic E-state index is 0.0617. The van der Waals surface area contributed by atoms with Crippen molar-refractivity contribution in [2.24, 2.45) is 0 Å². The van der Waals surface area contributed by atoms with Gasteiger partial charge in [-0.15, -0.1) is 0 Å². The molecule has 0 aliphatic heterocycles. The number of ether oxygens (including phenoxy) is 1. The lowest BCUT2D eigenvalue weighted by Gasteiger charge is -2.13. The predicted octanol–water partition coefficient (Wildman–Crippen LogP) is 2.29. The Kier molecular flexibility index (Phi) is 5.57. The summed E-state index contributed by atoms with van der Waals surface area (Å²) in [6.07, 6.45) is 0. The monoisotopic (exact) mass is 332 g/mol. The molecular weight excluding hydrogens is 312 g/mol. The number of benzene rings is 1. The summed E-state index contributed by atoms with van der Waals surface area (Å²) in [6, 6.07) is 6.40. The van der Waals surface area contributed by atoms with Crippen LogP contribution < -0.4 is 10.1 Å². The lowest BCUT2D eigenvalue weighted by atomic mass is 9.99. The zero-order valence-corrected chi connectivity index (χ0v) is 13.8. The second-order valence-electron chi connectivity index (χ2n) is 5.56. The molecule has 1 aromatic carbocycles. The number of aliphatic carboxylic acids is 1. The largest absolute Gasteiger partial charge is 0.482 e. The van der Waals surface area contributed by atoms with Gasteiger partial charge in [-0.2, -0.15) is 0 Å². The highest BCUT2D eigenvalue weighted by Crippen LogP contribution is 2.22. The molecule has 2 aromatic rings. The number of aryl methyl sites for hydroxylation is 2. The van der Waals surface area contributed by atoms with Crippen LogP contribution in [0.2, 0.25) is 0 Å². The highest BCUT2D eigenvalue weighted by molar-refractivity contribution is 5.94. The van der Waals surface area contributed by atoms with Gasteiger partial charge >= 0.3 is 5.97 Å². The van der Waals surface area contributed by atoms with Crippen molar-refractivity contribution in [2.45, 2.75) is 26.7 Å². The maximum atomic E-state index is 12.3. The summed E-state index contributed by atoms with van der Waals surface area (Å²) in [5.41, 5.74) is 2.22. The molecule has 0 aliphatic carbocycles. The number of nitrogens with zero attached hydrogens (tertiary/aromatic N) is 1. The zero-order chi connectivity index (χ0) is 17.7. The first-order valence-electron chi connectivity index (χ1n) is 7.54. The number of nitrogens with one attached hydrogen (secondary N) is 1. The molecule has 0 saturated heterocycles. The molecule has 0 aliphatic rings. The van der Waals surface area contributed by atoms with E-state index >= 15 is 0 Å². The fourth-order valence-corrected chi connectivity index (χ4v) is 2.52. The molecule has 0 fully saturated rings. The Labute approximate surface area is 139 Å². The highest BCUT2D eigenvalue weighted by Gasteiger charge is 2.17. The van der Waals surface area contributed by atoms with Crippen LogP contribution in [0.5, 0.6) is 5.75 Å². The fraction of sp³-hybridized carbons (Fsp3) is 0.353. The predicted molar refractivity (Wildman–Crippen MR) is 86.3 cm³/mol. The minimum atomic E-state index is -1.07. The van der Waals surface area contributed by atoms with Crippen molar-refractivity contribution in [1.82, 2.24) is 10.5 Å². The molecule has 2 N–H and O–H groups in total. The number of carboxylic acid groups (broad SMARTS) is 1. The number of carbonyl (C=O) groups excluding carboxylic acids is 1. The van der Waals surface area contributed by atoms with Gasteiger partial charge in [0, 0.05) is 23.6 Å². The molecule has 7 nitrogen and oxygen atoms in total. The maximum Gasteiger partial charge on any atom is 0.341 e. The van der Waals surface area contributed by atoms with Gasteiger partial charge in [0.15, 0.2) is 6.61 Å². The molecule has 2 rings (SSSR count). The van der Waals surface area contributed by atoms with Crippen LogP contribution in [0.25, 0.3) is 0 Å². The first kappa shape index (κ1) is 17.5. The highest BCUT2D eigenvalue weighted by atomic mass is 16.5. The Morgan fingerprint density at radius 1 is 1.38 bits per heavy atom. The van der Waals surface area contributed by atoms with Gasteiger partial charge in [0.25, 0.3) is 5.91 Å². The van der Waals surface area contributed by atoms with Gasteiger partial charge in [-0.3, -0.25) is 4.79 Å². The Morgan fingerprint density at radius 3 is 2.75 bits per heavy atom. The van der Waals surface area contributed by atoms with Crippen molar-refractivity contribution in [2.75, 3.05) is 13.2 Å². The molecule has 7 heteroatoms.